The molecule has 2 aliphatic heterocycles. The highest BCUT2D eigenvalue weighted by Gasteiger charge is 2.54. The number of alkyl halides is 6. The highest BCUT2D eigenvalue weighted by molar-refractivity contribution is 5.88. The molecule has 20 heteroatoms. The van der Waals surface area contributed by atoms with Gasteiger partial charge in [-0.2, -0.15) is 26.3 Å². The van der Waals surface area contributed by atoms with Crippen molar-refractivity contribution in [2.24, 2.45) is 23.7 Å². The Labute approximate surface area is 504 Å². The highest BCUT2D eigenvalue weighted by atomic mass is 19.4. The van der Waals surface area contributed by atoms with Gasteiger partial charge in [-0.15, -0.1) is 0 Å². The molecule has 5 N–H and O–H groups in total. The Kier molecular flexibility index (Phi) is 17.0. The van der Waals surface area contributed by atoms with Gasteiger partial charge in [0.15, 0.2) is 5.60 Å². The Morgan fingerprint density at radius 3 is 1.67 bits per heavy atom. The number of amides is 3. The summed E-state index contributed by atoms with van der Waals surface area (Å²) in [5.74, 6) is 0.306. The molecule has 4 aromatic carbocycles. The maximum Gasteiger partial charge on any atom is 0.427 e. The summed E-state index contributed by atoms with van der Waals surface area (Å²) in [5.41, 5.74) is 6.76. The number of H-pyrrole nitrogens is 2. The molecule has 6 aliphatic carbocycles. The van der Waals surface area contributed by atoms with Crippen molar-refractivity contribution in [3.05, 3.63) is 107 Å². The second-order valence-corrected chi connectivity index (χ2v) is 27.1. The Balaban J connectivity index is 0.836. The molecule has 14 nitrogen and oxygen atoms in total. The van der Waals surface area contributed by atoms with Crippen LogP contribution in [0.25, 0.3) is 44.3 Å². The number of aromatic amines is 2. The summed E-state index contributed by atoms with van der Waals surface area (Å²) in [6.45, 7) is 12.6. The zero-order valence-electron chi connectivity index (χ0n) is 51.1. The number of nitrogens with zero attached hydrogens (tertiary/aromatic N) is 4. The van der Waals surface area contributed by atoms with Crippen LogP contribution in [0.15, 0.2) is 72.8 Å². The maximum atomic E-state index is 14.8. The lowest BCUT2D eigenvalue weighted by Crippen LogP contribution is -2.57. The van der Waals surface area contributed by atoms with Gasteiger partial charge in [-0.05, 0) is 184 Å². The van der Waals surface area contributed by atoms with Crippen molar-refractivity contribution in [3.8, 4) is 22.3 Å². The van der Waals surface area contributed by atoms with Gasteiger partial charge < -0.3 is 39.7 Å². The number of hydrogen-bond donors (Lipinski definition) is 5. The smallest absolute Gasteiger partial charge is 0.427 e. The summed E-state index contributed by atoms with van der Waals surface area (Å²) in [4.78, 5) is 63.8. The summed E-state index contributed by atoms with van der Waals surface area (Å²) in [5, 5.41) is 16.0. The number of ether oxygens (including phenoxy) is 2. The summed E-state index contributed by atoms with van der Waals surface area (Å²) >= 11 is 0. The van der Waals surface area contributed by atoms with Crippen molar-refractivity contribution in [3.63, 3.8) is 0 Å². The molecule has 0 radical (unpaired) electrons. The number of carbonyl (C=O) groups excluding carboxylic acids is 3. The molecular formula is C67H82F6N8O6. The number of nitrogens with one attached hydrogen (secondary N) is 4. The van der Waals surface area contributed by atoms with Gasteiger partial charge in [0.25, 0.3) is 0 Å². The highest BCUT2D eigenvalue weighted by Crippen LogP contribution is 2.49. The third-order valence-electron chi connectivity index (χ3n) is 19.6. The molecule has 3 amide bonds. The van der Waals surface area contributed by atoms with E-state index in [9.17, 15) is 45.8 Å². The molecule has 2 saturated heterocycles. The molecule has 4 fully saturated rings. The minimum Gasteiger partial charge on any atom is -0.434 e. The molecule has 8 aliphatic rings. The van der Waals surface area contributed by atoms with E-state index < -0.39 is 72.1 Å². The lowest BCUT2D eigenvalue weighted by molar-refractivity contribution is -0.310. The Morgan fingerprint density at radius 1 is 0.632 bits per heavy atom. The number of imidazole rings is 2. The van der Waals surface area contributed by atoms with E-state index in [-0.39, 0.29) is 41.7 Å². The maximum absolute atomic E-state index is 14.8. The summed E-state index contributed by atoms with van der Waals surface area (Å²) in [6.07, 6.45) is -1.86. The number of aromatic nitrogens is 4. The molecule has 468 valence electrons. The van der Waals surface area contributed by atoms with Crippen LogP contribution >= 0.6 is 0 Å². The fraction of sp³-hybridized carbons (Fsp3) is 0.567. The van der Waals surface area contributed by atoms with Gasteiger partial charge in [0.05, 0.1) is 40.2 Å². The Bertz CT molecular complexity index is 3540. The fourth-order valence-corrected chi connectivity index (χ4v) is 14.5. The lowest BCUT2D eigenvalue weighted by atomic mass is 9.84. The standard InChI is InChI=1S/C67H82F6N8O6/c1-35(2)56(78-62(84)86-64(6,7)66(68,69)70)60(82)80-52-16-12-10-14-44(52)33-54(80)58-74-48-26-24-42(31-50(48)76-58)46-29-38-18-20-39-22-23-40(37(5)28-41(46)21-19-38)30-47(39)43-25-27-49-51(32-43)77-59(75-49)55-34-45-15-11-13-17-53(45)81(55)61(83)57(36(3)4)79-63(85)87-65(8,9)67(71,72)73/h19,21-27,29-32,35-37,44-45,52-57,63,79,85H,10-18,20,28,33-34H2,1-9H3,(H,74,76)(H,75,77)(H,78,84). The Hall–Kier alpha value is -6.51. The number of aliphatic hydroxyl groups excluding tert-OH is 1. The van der Waals surface area contributed by atoms with E-state index in [0.29, 0.717) is 24.5 Å². The minimum atomic E-state index is -4.81. The molecule has 10 unspecified atom stereocenters. The van der Waals surface area contributed by atoms with E-state index in [1.165, 1.54) is 22.3 Å². The average Bonchev–Trinajstić information content (AvgIpc) is 1.73. The predicted octanol–water partition coefficient (Wildman–Crippen LogP) is 14.2. The van der Waals surface area contributed by atoms with Gasteiger partial charge in [-0.25, -0.2) is 14.8 Å². The third-order valence-corrected chi connectivity index (χ3v) is 19.6. The van der Waals surface area contributed by atoms with E-state index >= 15 is 0 Å². The van der Waals surface area contributed by atoms with Gasteiger partial charge in [-0.1, -0.05) is 109 Å². The number of halogens is 6. The SMILES string of the molecule is CC1Cc2ccc(cc2-c2ccc3nc(C4CC5CCCCC5N4C(=O)C(NC(=O)OC(C)(C)C(F)(F)F)C(C)C)[nH]c3c2)CCc2ccc1cc2-c1ccc2nc(C3CC4CCCCC4N3C(=O)C(NC(O)OC(C)(C)C(F)(F)F)C(C)C)[nH]c2c1. The largest absolute Gasteiger partial charge is 0.434 e. The number of aryl methyl sites for hydroxylation is 2. The second kappa shape index (κ2) is 23.8. The molecule has 0 spiro atoms. The van der Waals surface area contributed by atoms with Crippen LogP contribution in [-0.2, 0) is 38.3 Å². The van der Waals surface area contributed by atoms with Crippen LogP contribution in [0, 0.1) is 23.7 Å². The first-order valence-electron chi connectivity index (χ1n) is 31.2. The molecule has 4 heterocycles. The molecule has 6 aromatic rings. The third kappa shape index (κ3) is 12.4. The number of hydrogen-bond acceptors (Lipinski definition) is 9. The number of likely N-dealkylation sites (tertiary alicyclic amines) is 2. The number of fused-ring (bicyclic) bond motifs is 4. The molecular weight excluding hydrogens is 1130 g/mol. The molecule has 2 aromatic heterocycles. The second-order valence-electron chi connectivity index (χ2n) is 27.1. The number of aliphatic hydroxyl groups is 1. The van der Waals surface area contributed by atoms with Crippen LogP contribution in [0.2, 0.25) is 0 Å². The van der Waals surface area contributed by atoms with E-state index in [4.69, 9.17) is 19.4 Å². The monoisotopic (exact) mass is 1210 g/mol. The van der Waals surface area contributed by atoms with E-state index in [0.717, 1.165) is 143 Å². The zero-order valence-corrected chi connectivity index (χ0v) is 51.1. The molecule has 10 atom stereocenters. The summed E-state index contributed by atoms with van der Waals surface area (Å²) in [7, 11) is 0. The first-order chi connectivity index (χ1) is 41.0. The quantitative estimate of drug-likeness (QED) is 0.0524. The van der Waals surface area contributed by atoms with Crippen molar-refractivity contribution < 1.29 is 55.3 Å². The van der Waals surface area contributed by atoms with Crippen molar-refractivity contribution in [1.82, 2.24) is 40.4 Å². The summed E-state index contributed by atoms with van der Waals surface area (Å²) < 4.78 is 92.4. The normalized spacial score (nSPS) is 23.9. The predicted molar refractivity (Wildman–Crippen MR) is 320 cm³/mol. The van der Waals surface area contributed by atoms with E-state index in [1.54, 1.807) is 27.7 Å². The first kappa shape index (κ1) is 62.1. The van der Waals surface area contributed by atoms with E-state index in [2.05, 4.69) is 88.2 Å². The van der Waals surface area contributed by atoms with Crippen LogP contribution in [0.3, 0.4) is 0 Å². The van der Waals surface area contributed by atoms with Crippen LogP contribution in [0.4, 0.5) is 31.1 Å². The van der Waals surface area contributed by atoms with Crippen LogP contribution in [0.5, 0.6) is 0 Å². The number of rotatable bonds is 14. The zero-order chi connectivity index (χ0) is 62.2. The van der Waals surface area contributed by atoms with Gasteiger partial charge in [-0.3, -0.25) is 14.9 Å². The first-order valence-corrected chi connectivity index (χ1v) is 31.2. The number of carbonyl (C=O) groups is 3. The minimum absolute atomic E-state index is 0.0845. The molecule has 87 heavy (non-hydrogen) atoms. The topological polar surface area (TPSA) is 178 Å². The molecule has 14 rings (SSSR count). The average molecular weight is 1210 g/mol. The van der Waals surface area contributed by atoms with Crippen molar-refractivity contribution in [2.45, 2.75) is 218 Å². The number of alkyl carbamates (subject to hydrolysis) is 1. The molecule has 4 bridgehead atoms. The van der Waals surface area contributed by atoms with Gasteiger partial charge >= 0.3 is 18.4 Å². The van der Waals surface area contributed by atoms with Crippen molar-refractivity contribution in [2.75, 3.05) is 0 Å². The molecule has 2 saturated carbocycles. The lowest BCUT2D eigenvalue weighted by Gasteiger charge is -2.38. The van der Waals surface area contributed by atoms with Gasteiger partial charge in [0, 0.05) is 12.1 Å². The Morgan fingerprint density at radius 2 is 1.14 bits per heavy atom. The van der Waals surface area contributed by atoms with Crippen LogP contribution in [-0.4, -0.2) is 107 Å². The number of benzene rings is 4. The van der Waals surface area contributed by atoms with Gasteiger partial charge in [0.2, 0.25) is 23.8 Å². The summed E-state index contributed by atoms with van der Waals surface area (Å²) in [6, 6.07) is 22.8. The van der Waals surface area contributed by atoms with Crippen LogP contribution < -0.4 is 10.6 Å². The van der Waals surface area contributed by atoms with E-state index in [1.807, 2.05) is 21.9 Å². The van der Waals surface area contributed by atoms with Crippen molar-refractivity contribution in [1.29, 1.82) is 0 Å². The fourth-order valence-electron chi connectivity index (χ4n) is 14.5. The van der Waals surface area contributed by atoms with Crippen LogP contribution in [0.1, 0.15) is 178 Å². The van der Waals surface area contributed by atoms with Gasteiger partial charge in [0.1, 0.15) is 17.7 Å². The van der Waals surface area contributed by atoms with Crippen molar-refractivity contribution >= 4 is 40.0 Å².